The monoisotopic (exact) mass is 546 g/mol. The number of likely N-dealkylation sites (tertiary alicyclic amines) is 1. The molecule has 0 radical (unpaired) electrons. The Morgan fingerprint density at radius 1 is 1.02 bits per heavy atom. The van der Waals surface area contributed by atoms with Gasteiger partial charge in [-0.3, -0.25) is 19.1 Å². The summed E-state index contributed by atoms with van der Waals surface area (Å²) in [6.45, 7) is 3.86. The van der Waals surface area contributed by atoms with Crippen LogP contribution in [0.4, 0.5) is 0 Å². The van der Waals surface area contributed by atoms with Gasteiger partial charge in [-0.05, 0) is 69.1 Å². The van der Waals surface area contributed by atoms with E-state index in [1.807, 2.05) is 17.0 Å². The molecule has 4 fully saturated rings. The highest BCUT2D eigenvalue weighted by atomic mass is 16.5. The maximum Gasteiger partial charge on any atom is 0.264 e. The summed E-state index contributed by atoms with van der Waals surface area (Å²) in [5.74, 6) is 0.394. The zero-order valence-corrected chi connectivity index (χ0v) is 23.0. The molecule has 2 aromatic heterocycles. The van der Waals surface area contributed by atoms with Crippen LogP contribution in [-0.4, -0.2) is 84.1 Å². The summed E-state index contributed by atoms with van der Waals surface area (Å²) in [6.07, 6.45) is 10.7. The molecule has 10 heteroatoms. The van der Waals surface area contributed by atoms with Crippen LogP contribution in [0.5, 0.6) is 0 Å². The molecule has 2 saturated heterocycles. The predicted octanol–water partition coefficient (Wildman–Crippen LogP) is 2.49. The van der Waals surface area contributed by atoms with Gasteiger partial charge < -0.3 is 14.7 Å². The lowest BCUT2D eigenvalue weighted by molar-refractivity contribution is -0.137. The van der Waals surface area contributed by atoms with Crippen molar-refractivity contribution >= 4 is 16.9 Å². The van der Waals surface area contributed by atoms with E-state index in [0.29, 0.717) is 49.0 Å². The second-order valence-corrected chi connectivity index (χ2v) is 12.2. The summed E-state index contributed by atoms with van der Waals surface area (Å²) < 4.78 is 8.77. The number of nitrogens with zero attached hydrogens (tertiary/aromatic N) is 6. The Balaban J connectivity index is 1.04. The number of amides is 1. The average molecular weight is 547 g/mol. The lowest BCUT2D eigenvalue weighted by atomic mass is 9.91. The summed E-state index contributed by atoms with van der Waals surface area (Å²) in [6, 6.07) is 9.68. The van der Waals surface area contributed by atoms with Gasteiger partial charge in [0.15, 0.2) is 5.65 Å². The first-order chi connectivity index (χ1) is 19.5. The lowest BCUT2D eigenvalue weighted by Gasteiger charge is -2.38. The first-order valence-corrected chi connectivity index (χ1v) is 14.8. The molecule has 212 valence electrons. The van der Waals surface area contributed by atoms with Crippen molar-refractivity contribution in [2.75, 3.05) is 26.3 Å². The molecular formula is C30H38N6O4. The molecule has 2 aliphatic carbocycles. The van der Waals surface area contributed by atoms with Gasteiger partial charge in [-0.15, -0.1) is 0 Å². The number of fused-ring (bicyclic) bond motifs is 1. The number of hydrogen-bond donors (Lipinski definition) is 1. The van der Waals surface area contributed by atoms with Crippen molar-refractivity contribution in [2.24, 2.45) is 5.92 Å². The first-order valence-electron chi connectivity index (χ1n) is 14.8. The number of aromatic nitrogens is 4. The number of ether oxygens (including phenoxy) is 1. The molecule has 10 nitrogen and oxygen atoms in total. The Hall–Kier alpha value is -3.08. The zero-order valence-electron chi connectivity index (χ0n) is 23.0. The van der Waals surface area contributed by atoms with Crippen molar-refractivity contribution in [3.05, 3.63) is 52.7 Å². The minimum atomic E-state index is -1.04. The maximum absolute atomic E-state index is 13.3. The quantitative estimate of drug-likeness (QED) is 0.463. The molecule has 4 heterocycles. The SMILES string of the molecule is O=C(C1CC1)N1CCC(O)(Cn2cnc3c(cnn3-c3ccc(CN(C4CCOCC4)C4CC4)cc3)c2=O)CC1. The molecule has 3 aromatic rings. The molecule has 1 amide bonds. The van der Waals surface area contributed by atoms with E-state index in [2.05, 4.69) is 27.1 Å². The zero-order chi connectivity index (χ0) is 27.3. The minimum absolute atomic E-state index is 0.157. The van der Waals surface area contributed by atoms with Crippen molar-refractivity contribution in [1.82, 2.24) is 29.1 Å². The summed E-state index contributed by atoms with van der Waals surface area (Å²) in [7, 11) is 0. The Labute approximate surface area is 233 Å². The predicted molar refractivity (Wildman–Crippen MR) is 149 cm³/mol. The van der Waals surface area contributed by atoms with E-state index >= 15 is 0 Å². The van der Waals surface area contributed by atoms with Gasteiger partial charge >= 0.3 is 0 Å². The van der Waals surface area contributed by atoms with Crippen molar-refractivity contribution in [2.45, 2.75) is 82.1 Å². The summed E-state index contributed by atoms with van der Waals surface area (Å²) in [4.78, 5) is 34.8. The Morgan fingerprint density at radius 3 is 2.40 bits per heavy atom. The highest BCUT2D eigenvalue weighted by Crippen LogP contribution is 2.34. The van der Waals surface area contributed by atoms with Crippen LogP contribution in [0.15, 0.2) is 41.6 Å². The van der Waals surface area contributed by atoms with Gasteiger partial charge in [0.25, 0.3) is 5.56 Å². The van der Waals surface area contributed by atoms with Gasteiger partial charge in [-0.1, -0.05) is 12.1 Å². The van der Waals surface area contributed by atoms with E-state index in [1.54, 1.807) is 10.9 Å². The minimum Gasteiger partial charge on any atom is -0.388 e. The van der Waals surface area contributed by atoms with Crippen LogP contribution in [0, 0.1) is 5.92 Å². The second-order valence-electron chi connectivity index (χ2n) is 12.2. The van der Waals surface area contributed by atoms with Crippen LogP contribution in [0.1, 0.15) is 56.9 Å². The van der Waals surface area contributed by atoms with Gasteiger partial charge in [0.1, 0.15) is 11.7 Å². The molecule has 0 spiro atoms. The molecule has 1 aromatic carbocycles. The van der Waals surface area contributed by atoms with Crippen LogP contribution >= 0.6 is 0 Å². The highest BCUT2D eigenvalue weighted by Gasteiger charge is 2.39. The van der Waals surface area contributed by atoms with Crippen molar-refractivity contribution in [3.63, 3.8) is 0 Å². The van der Waals surface area contributed by atoms with E-state index in [9.17, 15) is 14.7 Å². The largest absolute Gasteiger partial charge is 0.388 e. The third kappa shape index (κ3) is 5.20. The van der Waals surface area contributed by atoms with Gasteiger partial charge in [-0.25, -0.2) is 9.67 Å². The molecular weight excluding hydrogens is 508 g/mol. The fourth-order valence-electron chi connectivity index (χ4n) is 6.39. The van der Waals surface area contributed by atoms with Crippen LogP contribution in [0.3, 0.4) is 0 Å². The molecule has 0 unspecified atom stereocenters. The number of carbonyl (C=O) groups is 1. The number of benzene rings is 1. The number of piperidine rings is 1. The Kier molecular flexibility index (Phi) is 6.72. The average Bonchev–Trinajstić information content (AvgIpc) is 3.92. The highest BCUT2D eigenvalue weighted by molar-refractivity contribution is 5.81. The second kappa shape index (κ2) is 10.4. The van der Waals surface area contributed by atoms with E-state index < -0.39 is 5.60 Å². The molecule has 4 aliphatic rings. The van der Waals surface area contributed by atoms with Crippen LogP contribution < -0.4 is 5.56 Å². The number of aliphatic hydroxyl groups is 1. The normalized spacial score (nSPS) is 21.8. The Morgan fingerprint density at radius 2 is 1.73 bits per heavy atom. The van der Waals surface area contributed by atoms with E-state index in [1.165, 1.54) is 29.3 Å². The summed E-state index contributed by atoms with van der Waals surface area (Å²) in [5.41, 5.74) is 1.39. The molecule has 2 saturated carbocycles. The maximum atomic E-state index is 13.3. The molecule has 0 bridgehead atoms. The topological polar surface area (TPSA) is 106 Å². The van der Waals surface area contributed by atoms with Crippen LogP contribution in [0.2, 0.25) is 0 Å². The fraction of sp³-hybridized carbons (Fsp3) is 0.600. The van der Waals surface area contributed by atoms with E-state index in [0.717, 1.165) is 51.1 Å². The third-order valence-electron chi connectivity index (χ3n) is 9.17. The fourth-order valence-corrected chi connectivity index (χ4v) is 6.39. The van der Waals surface area contributed by atoms with Gasteiger partial charge in [0.2, 0.25) is 5.91 Å². The first kappa shape index (κ1) is 25.9. The Bertz CT molecular complexity index is 1430. The third-order valence-corrected chi connectivity index (χ3v) is 9.17. The smallest absolute Gasteiger partial charge is 0.264 e. The molecule has 7 rings (SSSR count). The van der Waals surface area contributed by atoms with Gasteiger partial charge in [-0.2, -0.15) is 5.10 Å². The summed E-state index contributed by atoms with van der Waals surface area (Å²) >= 11 is 0. The van der Waals surface area contributed by atoms with Crippen molar-refractivity contribution < 1.29 is 14.6 Å². The number of carbonyl (C=O) groups excluding carboxylic acids is 1. The molecule has 0 atom stereocenters. The molecule has 2 aliphatic heterocycles. The van der Waals surface area contributed by atoms with E-state index in [-0.39, 0.29) is 23.9 Å². The number of rotatable bonds is 8. The lowest BCUT2D eigenvalue weighted by Crippen LogP contribution is -2.50. The molecule has 40 heavy (non-hydrogen) atoms. The van der Waals surface area contributed by atoms with Crippen molar-refractivity contribution in [3.8, 4) is 5.69 Å². The van der Waals surface area contributed by atoms with Crippen LogP contribution in [0.25, 0.3) is 16.7 Å². The van der Waals surface area contributed by atoms with Gasteiger partial charge in [0, 0.05) is 50.8 Å². The van der Waals surface area contributed by atoms with Crippen LogP contribution in [-0.2, 0) is 22.6 Å². The molecule has 1 N–H and O–H groups in total. The standard InChI is InChI=1S/C30H38N6O4/c37-28(22-3-4-22)33-13-11-30(39,12-14-33)19-34-20-31-27-26(29(34)38)17-32-36(27)25-5-1-21(2-6-25)18-35(23-7-8-23)24-9-15-40-16-10-24/h1-2,5-6,17,20,22-24,39H,3-4,7-16,18-19H2. The van der Waals surface area contributed by atoms with Crippen molar-refractivity contribution in [1.29, 1.82) is 0 Å². The van der Waals surface area contributed by atoms with Gasteiger partial charge in [0.05, 0.1) is 24.0 Å². The number of hydrogen-bond acceptors (Lipinski definition) is 7. The summed E-state index contributed by atoms with van der Waals surface area (Å²) in [5, 5.41) is 16.1. The van der Waals surface area contributed by atoms with E-state index in [4.69, 9.17) is 4.74 Å².